The van der Waals surface area contributed by atoms with Gasteiger partial charge in [0.2, 0.25) is 6.79 Å². The highest BCUT2D eigenvalue weighted by Gasteiger charge is 2.75. The van der Waals surface area contributed by atoms with Crippen molar-refractivity contribution in [3.8, 4) is 17.6 Å². The van der Waals surface area contributed by atoms with Gasteiger partial charge in [0.25, 0.3) is 11.8 Å². The summed E-state index contributed by atoms with van der Waals surface area (Å²) < 4.78 is 10.9. The second-order valence-corrected chi connectivity index (χ2v) is 10.5. The van der Waals surface area contributed by atoms with Gasteiger partial charge in [-0.05, 0) is 31.0 Å². The van der Waals surface area contributed by atoms with Crippen molar-refractivity contribution in [2.45, 2.75) is 42.5 Å². The number of ether oxygens (including phenoxy) is 2. The molecule has 6 rings (SSSR count). The van der Waals surface area contributed by atoms with Crippen molar-refractivity contribution >= 4 is 33.4 Å². The highest BCUT2D eigenvalue weighted by molar-refractivity contribution is 8.78. The Balaban J connectivity index is 1.71. The molecule has 5 heterocycles. The number of rotatable bonds is 2. The van der Waals surface area contributed by atoms with Crippen molar-refractivity contribution in [3.63, 3.8) is 0 Å². The van der Waals surface area contributed by atoms with Crippen LogP contribution in [0.15, 0.2) is 18.2 Å². The summed E-state index contributed by atoms with van der Waals surface area (Å²) in [7, 11) is 4.59. The third-order valence-electron chi connectivity index (χ3n) is 6.36. The van der Waals surface area contributed by atoms with Crippen molar-refractivity contribution in [2.24, 2.45) is 5.41 Å². The summed E-state index contributed by atoms with van der Waals surface area (Å²) in [6.45, 7) is 3.91. The molecule has 0 aliphatic carbocycles. The number of carbonyl (C=O) groups is 2. The Morgan fingerprint density at radius 1 is 1.25 bits per heavy atom. The Labute approximate surface area is 170 Å². The number of nitrogens with zero attached hydrogens (tertiary/aromatic N) is 3. The van der Waals surface area contributed by atoms with Gasteiger partial charge in [0.15, 0.2) is 21.2 Å². The second-order valence-electron chi connectivity index (χ2n) is 7.85. The molecule has 2 bridgehead atoms. The van der Waals surface area contributed by atoms with Gasteiger partial charge < -0.3 is 19.3 Å². The monoisotopic (exact) mass is 417 g/mol. The minimum atomic E-state index is -1.06. The standard InChI is InChI=1S/C19H19N3O4S2/c1-4-18-16(24)22-14(11-5-6-12-13(7-11)26-10-25-12)17(2,9-20)8-19(22,28-27-18)15(23)21(18)3/h5-7,14H,4,8,10H2,1-3H3/t14-,17+,18-,19-/m0/s1. The molecular formula is C19H19N3O4S2. The molecule has 4 fully saturated rings. The zero-order chi connectivity index (χ0) is 19.9. The summed E-state index contributed by atoms with van der Waals surface area (Å²) in [4.78, 5) is 28.4. The van der Waals surface area contributed by atoms with Gasteiger partial charge in [0, 0.05) is 13.5 Å². The van der Waals surface area contributed by atoms with E-state index < -0.39 is 21.2 Å². The number of fused-ring (bicyclic) bond motifs is 3. The first-order valence-corrected chi connectivity index (χ1v) is 11.3. The Morgan fingerprint density at radius 2 is 2.00 bits per heavy atom. The number of hydrogen-bond acceptors (Lipinski definition) is 7. The van der Waals surface area contributed by atoms with Crippen LogP contribution in [0, 0.1) is 16.7 Å². The Bertz CT molecular complexity index is 965. The van der Waals surface area contributed by atoms with E-state index in [-0.39, 0.29) is 18.6 Å². The van der Waals surface area contributed by atoms with Gasteiger partial charge in [-0.25, -0.2) is 0 Å². The average molecular weight is 418 g/mol. The molecule has 2 amide bonds. The fraction of sp³-hybridized carbons (Fsp3) is 0.526. The molecule has 0 unspecified atom stereocenters. The third-order valence-corrected chi connectivity index (χ3v) is 10.1. The molecule has 5 aliphatic heterocycles. The van der Waals surface area contributed by atoms with Crippen LogP contribution in [0.2, 0.25) is 0 Å². The quantitative estimate of drug-likeness (QED) is 0.684. The molecular weight excluding hydrogens is 398 g/mol. The van der Waals surface area contributed by atoms with Crippen LogP contribution in [0.4, 0.5) is 0 Å². The van der Waals surface area contributed by atoms with E-state index in [1.807, 2.05) is 26.0 Å². The first-order chi connectivity index (χ1) is 13.3. The number of carbonyl (C=O) groups excluding carboxylic acids is 2. The first kappa shape index (κ1) is 18.0. The van der Waals surface area contributed by atoms with E-state index in [0.717, 1.165) is 5.56 Å². The van der Waals surface area contributed by atoms with Gasteiger partial charge in [-0.3, -0.25) is 9.59 Å². The van der Waals surface area contributed by atoms with Gasteiger partial charge in [-0.2, -0.15) is 5.26 Å². The lowest BCUT2D eigenvalue weighted by Gasteiger charge is -2.58. The van der Waals surface area contributed by atoms with Gasteiger partial charge >= 0.3 is 0 Å². The molecule has 0 radical (unpaired) electrons. The summed E-state index contributed by atoms with van der Waals surface area (Å²) in [5, 5.41) is 10.1. The summed E-state index contributed by atoms with van der Waals surface area (Å²) >= 11 is 0. The van der Waals surface area contributed by atoms with E-state index in [1.165, 1.54) is 21.6 Å². The maximum Gasteiger partial charge on any atom is 0.262 e. The molecule has 5 aliphatic rings. The Hall–Kier alpha value is -2.05. The average Bonchev–Trinajstić information content (AvgIpc) is 3.27. The Morgan fingerprint density at radius 3 is 2.71 bits per heavy atom. The highest BCUT2D eigenvalue weighted by atomic mass is 33.1. The van der Waals surface area contributed by atoms with Crippen molar-refractivity contribution in [3.05, 3.63) is 23.8 Å². The Kier molecular flexibility index (Phi) is 3.55. The molecule has 4 atom stereocenters. The molecule has 0 aromatic heterocycles. The van der Waals surface area contributed by atoms with E-state index in [2.05, 4.69) is 6.07 Å². The van der Waals surface area contributed by atoms with Gasteiger partial charge in [0.05, 0.1) is 17.5 Å². The summed E-state index contributed by atoms with van der Waals surface area (Å²) in [6.07, 6.45) is 0.803. The smallest absolute Gasteiger partial charge is 0.262 e. The third kappa shape index (κ3) is 1.88. The number of amides is 2. The van der Waals surface area contributed by atoms with E-state index in [4.69, 9.17) is 9.47 Å². The number of piperazine rings is 1. The van der Waals surface area contributed by atoms with Crippen LogP contribution >= 0.6 is 21.6 Å². The van der Waals surface area contributed by atoms with Crippen LogP contribution in [0.3, 0.4) is 0 Å². The minimum absolute atomic E-state index is 0.0949. The second kappa shape index (κ2) is 5.51. The molecule has 1 spiro atoms. The maximum absolute atomic E-state index is 13.7. The van der Waals surface area contributed by atoms with Crippen LogP contribution in [-0.2, 0) is 9.59 Å². The van der Waals surface area contributed by atoms with E-state index in [0.29, 0.717) is 24.3 Å². The molecule has 146 valence electrons. The number of hydrogen-bond donors (Lipinski definition) is 0. The van der Waals surface area contributed by atoms with E-state index >= 15 is 0 Å². The first-order valence-electron chi connectivity index (χ1n) is 9.13. The van der Waals surface area contributed by atoms with Gasteiger partial charge in [0.1, 0.15) is 0 Å². The van der Waals surface area contributed by atoms with Crippen LogP contribution in [0.25, 0.3) is 0 Å². The molecule has 28 heavy (non-hydrogen) atoms. The van der Waals surface area contributed by atoms with Crippen molar-refractivity contribution in [1.82, 2.24) is 9.80 Å². The van der Waals surface area contributed by atoms with Crippen molar-refractivity contribution in [1.29, 1.82) is 5.26 Å². The molecule has 4 saturated heterocycles. The van der Waals surface area contributed by atoms with Crippen molar-refractivity contribution < 1.29 is 19.1 Å². The minimum Gasteiger partial charge on any atom is -0.454 e. The molecule has 9 heteroatoms. The van der Waals surface area contributed by atoms with Crippen LogP contribution in [0.5, 0.6) is 11.5 Å². The zero-order valence-electron chi connectivity index (χ0n) is 15.7. The number of benzene rings is 1. The SMILES string of the molecule is CC[C@]12SS[C@@]3(C[C@](C)(C#N)[C@H](c4ccc5c(c4)OCO5)N3C1=O)C(=O)N2C. The fourth-order valence-corrected chi connectivity index (χ4v) is 8.83. The van der Waals surface area contributed by atoms with Crippen molar-refractivity contribution in [2.75, 3.05) is 13.8 Å². The summed E-state index contributed by atoms with van der Waals surface area (Å²) in [5.41, 5.74) is -0.111. The normalized spacial score (nSPS) is 38.0. The fourth-order valence-electron chi connectivity index (χ4n) is 4.87. The van der Waals surface area contributed by atoms with E-state index in [9.17, 15) is 14.9 Å². The summed E-state index contributed by atoms with van der Waals surface area (Å²) in [5.74, 6) is 1.06. The highest BCUT2D eigenvalue weighted by Crippen LogP contribution is 2.70. The van der Waals surface area contributed by atoms with Gasteiger partial charge in [-0.15, -0.1) is 0 Å². The number of likely N-dealkylation sites (N-methyl/N-ethyl adjacent to an activating group) is 1. The molecule has 0 N–H and O–H groups in total. The largest absolute Gasteiger partial charge is 0.454 e. The maximum atomic E-state index is 13.7. The summed E-state index contributed by atoms with van der Waals surface area (Å²) in [6, 6.07) is 7.39. The van der Waals surface area contributed by atoms with Gasteiger partial charge in [-0.1, -0.05) is 34.6 Å². The predicted octanol–water partition coefficient (Wildman–Crippen LogP) is 2.89. The van der Waals surface area contributed by atoms with E-state index in [1.54, 1.807) is 22.9 Å². The lowest BCUT2D eigenvalue weighted by molar-refractivity contribution is -0.165. The van der Waals surface area contributed by atoms with Crippen LogP contribution < -0.4 is 9.47 Å². The lowest BCUT2D eigenvalue weighted by Crippen LogP contribution is -2.74. The van der Waals surface area contributed by atoms with Crippen LogP contribution in [-0.4, -0.2) is 45.2 Å². The molecule has 7 nitrogen and oxygen atoms in total. The predicted molar refractivity (Wildman–Crippen MR) is 104 cm³/mol. The molecule has 0 saturated carbocycles. The molecule has 1 aromatic rings. The molecule has 1 aromatic carbocycles. The topological polar surface area (TPSA) is 82.9 Å². The lowest BCUT2D eigenvalue weighted by atomic mass is 9.79. The number of nitriles is 1. The van der Waals surface area contributed by atoms with Crippen LogP contribution in [0.1, 0.15) is 38.3 Å². The zero-order valence-corrected chi connectivity index (χ0v) is 17.4.